The number of anilines is 1. The molecule has 268 valence electrons. The lowest BCUT2D eigenvalue weighted by atomic mass is 9.77. The lowest BCUT2D eigenvalue weighted by Gasteiger charge is -2.49. The number of aliphatic carboxylic acids is 1. The number of aromatic nitrogens is 1. The quantitative estimate of drug-likeness (QED) is 0.0362. The van der Waals surface area contributed by atoms with Gasteiger partial charge in [-0.2, -0.15) is 0 Å². The Kier molecular flexibility index (Phi) is 11.4. The van der Waals surface area contributed by atoms with Crippen LogP contribution in [0, 0.1) is 0 Å². The summed E-state index contributed by atoms with van der Waals surface area (Å²) in [7, 11) is 0. The van der Waals surface area contributed by atoms with E-state index in [9.17, 15) is 24.3 Å². The van der Waals surface area contributed by atoms with Gasteiger partial charge >= 0.3 is 11.9 Å². The number of thioether (sulfide) groups is 1. The molecule has 1 saturated heterocycles. The number of nitrogens with zero attached hydrogens (tertiary/aromatic N) is 3. The first kappa shape index (κ1) is 36.3. The highest BCUT2D eigenvalue weighted by atomic mass is 32.2. The van der Waals surface area contributed by atoms with Crippen LogP contribution in [-0.2, 0) is 34.3 Å². The summed E-state index contributed by atoms with van der Waals surface area (Å²) in [4.78, 5) is 62.3. The third-order valence-corrected chi connectivity index (χ3v) is 10.7. The van der Waals surface area contributed by atoms with Crippen molar-refractivity contribution in [2.45, 2.75) is 43.6 Å². The van der Waals surface area contributed by atoms with Gasteiger partial charge in [0, 0.05) is 23.6 Å². The molecule has 0 saturated carbocycles. The van der Waals surface area contributed by atoms with E-state index in [0.717, 1.165) is 28.0 Å². The zero-order valence-corrected chi connectivity index (χ0v) is 30.1. The monoisotopic (exact) mass is 739 g/mol. The molecule has 2 amide bonds. The third kappa shape index (κ3) is 7.44. The Morgan fingerprint density at radius 3 is 2.12 bits per heavy atom. The number of thiazole rings is 1. The molecular formula is C38H37N5O7S2. The van der Waals surface area contributed by atoms with Gasteiger partial charge in [-0.05, 0) is 23.1 Å². The first-order valence-corrected chi connectivity index (χ1v) is 18.6. The number of carboxylic acid groups (broad SMARTS) is 1. The number of carboxylic acids is 1. The zero-order valence-electron chi connectivity index (χ0n) is 28.5. The van der Waals surface area contributed by atoms with Crippen LogP contribution in [0.25, 0.3) is 0 Å². The van der Waals surface area contributed by atoms with Crippen LogP contribution in [0.2, 0.25) is 0 Å². The van der Waals surface area contributed by atoms with E-state index in [-0.39, 0.29) is 36.1 Å². The molecular weight excluding hydrogens is 703 g/mol. The molecule has 6 rings (SSSR count). The molecule has 14 heteroatoms. The van der Waals surface area contributed by atoms with Gasteiger partial charge in [-0.25, -0.2) is 9.78 Å². The highest BCUT2D eigenvalue weighted by Gasteiger charge is 2.54. The van der Waals surface area contributed by atoms with Crippen molar-refractivity contribution in [3.63, 3.8) is 0 Å². The van der Waals surface area contributed by atoms with E-state index in [1.165, 1.54) is 30.0 Å². The maximum Gasteiger partial charge on any atom is 0.352 e. The minimum atomic E-state index is -1.32. The van der Waals surface area contributed by atoms with E-state index in [1.807, 2.05) is 61.5 Å². The van der Waals surface area contributed by atoms with Crippen LogP contribution in [0.4, 0.5) is 5.13 Å². The van der Waals surface area contributed by atoms with Crippen LogP contribution in [0.3, 0.4) is 0 Å². The van der Waals surface area contributed by atoms with Gasteiger partial charge in [-0.1, -0.05) is 109 Å². The summed E-state index contributed by atoms with van der Waals surface area (Å²) in [5.41, 5.74) is 2.23. The van der Waals surface area contributed by atoms with Gasteiger partial charge in [-0.3, -0.25) is 19.3 Å². The number of ether oxygens (including phenoxy) is 1. The number of carbonyl (C=O) groups excluding carboxylic acids is 3. The minimum absolute atomic E-state index is 0.123. The molecule has 2 aliphatic rings. The number of oxime groups is 1. The van der Waals surface area contributed by atoms with E-state index in [0.29, 0.717) is 17.1 Å². The smallest absolute Gasteiger partial charge is 0.352 e. The van der Waals surface area contributed by atoms with Gasteiger partial charge in [0.05, 0.1) is 0 Å². The maximum atomic E-state index is 13.9. The zero-order chi connectivity index (χ0) is 36.7. The number of amides is 2. The molecule has 0 bridgehead atoms. The van der Waals surface area contributed by atoms with Crippen molar-refractivity contribution >= 4 is 57.7 Å². The fourth-order valence-corrected chi connectivity index (χ4v) is 8.18. The first-order valence-electron chi connectivity index (χ1n) is 16.7. The lowest BCUT2D eigenvalue weighted by Crippen LogP contribution is -2.71. The Morgan fingerprint density at radius 2 is 1.58 bits per heavy atom. The Morgan fingerprint density at radius 1 is 0.981 bits per heavy atom. The molecule has 4 aromatic rings. The Balaban J connectivity index is 1.30. The van der Waals surface area contributed by atoms with Crippen LogP contribution in [0.1, 0.15) is 49.1 Å². The van der Waals surface area contributed by atoms with Gasteiger partial charge in [0.1, 0.15) is 41.6 Å². The highest BCUT2D eigenvalue weighted by molar-refractivity contribution is 8.00. The van der Waals surface area contributed by atoms with Crippen molar-refractivity contribution in [2.24, 2.45) is 5.16 Å². The molecule has 0 unspecified atom stereocenters. The van der Waals surface area contributed by atoms with Crippen LogP contribution in [-0.4, -0.2) is 74.8 Å². The number of esters is 1. The molecule has 3 N–H and O–H groups in total. The first-order chi connectivity index (χ1) is 25.2. The second kappa shape index (κ2) is 16.3. The number of hydrogen-bond acceptors (Lipinski definition) is 11. The molecule has 1 aromatic heterocycles. The number of β-lactam (4-membered cyclic amide) rings is 1. The van der Waals surface area contributed by atoms with Crippen LogP contribution >= 0.6 is 23.1 Å². The summed E-state index contributed by atoms with van der Waals surface area (Å²) in [5.74, 6) is -2.99. The number of hydrogen-bond donors (Lipinski definition) is 3. The van der Waals surface area contributed by atoms with Crippen molar-refractivity contribution in [1.29, 1.82) is 0 Å². The van der Waals surface area contributed by atoms with Crippen molar-refractivity contribution in [2.75, 3.05) is 24.3 Å². The summed E-state index contributed by atoms with van der Waals surface area (Å²) >= 11 is 2.56. The predicted octanol–water partition coefficient (Wildman–Crippen LogP) is 5.37. The summed E-state index contributed by atoms with van der Waals surface area (Å²) in [6, 6.07) is 29.1. The SMILES string of the molecule is CCCCON=C(C(=O)N[C@@H]1C(=O)N2C(C(=O)O)=C(COC(C)=O)CS[C@H]12)c1csc(NC(c2ccccc2)(c2ccccc2)c2ccccc2)n1. The topological polar surface area (TPSA) is 160 Å². The second-order valence-electron chi connectivity index (χ2n) is 12.0. The summed E-state index contributed by atoms with van der Waals surface area (Å²) in [5, 5.41) is 22.1. The largest absolute Gasteiger partial charge is 0.477 e. The van der Waals surface area contributed by atoms with Crippen molar-refractivity contribution in [3.05, 3.63) is 130 Å². The van der Waals surface area contributed by atoms with Gasteiger partial charge in [0.2, 0.25) is 0 Å². The average Bonchev–Trinajstić information content (AvgIpc) is 3.63. The summed E-state index contributed by atoms with van der Waals surface area (Å²) in [6.45, 7) is 3.25. The van der Waals surface area contributed by atoms with E-state index in [2.05, 4.69) is 52.2 Å². The molecule has 52 heavy (non-hydrogen) atoms. The molecule has 0 radical (unpaired) electrons. The van der Waals surface area contributed by atoms with Crippen molar-refractivity contribution in [1.82, 2.24) is 15.2 Å². The number of benzene rings is 3. The van der Waals surface area contributed by atoms with Gasteiger partial charge in [0.15, 0.2) is 10.8 Å². The minimum Gasteiger partial charge on any atom is -0.477 e. The van der Waals surface area contributed by atoms with Crippen molar-refractivity contribution in [3.8, 4) is 0 Å². The van der Waals surface area contributed by atoms with Gasteiger partial charge < -0.3 is 25.3 Å². The predicted molar refractivity (Wildman–Crippen MR) is 199 cm³/mol. The van der Waals surface area contributed by atoms with Crippen LogP contribution < -0.4 is 10.6 Å². The molecule has 0 spiro atoms. The molecule has 0 aliphatic carbocycles. The fraction of sp³-hybridized carbons (Fsp3) is 0.263. The Hall–Kier alpha value is -5.47. The molecule has 12 nitrogen and oxygen atoms in total. The lowest BCUT2D eigenvalue weighted by molar-refractivity contribution is -0.150. The number of unbranched alkanes of at least 4 members (excludes halogenated alkanes) is 1. The van der Waals surface area contributed by atoms with Gasteiger partial charge in [-0.15, -0.1) is 23.1 Å². The second-order valence-corrected chi connectivity index (χ2v) is 14.0. The molecule has 3 heterocycles. The Bertz CT molecular complexity index is 1890. The molecule has 1 fully saturated rings. The molecule has 3 aromatic carbocycles. The fourth-order valence-electron chi connectivity index (χ4n) is 6.10. The highest BCUT2D eigenvalue weighted by Crippen LogP contribution is 2.42. The van der Waals surface area contributed by atoms with Crippen LogP contribution in [0.5, 0.6) is 0 Å². The summed E-state index contributed by atoms with van der Waals surface area (Å²) in [6.07, 6.45) is 1.57. The van der Waals surface area contributed by atoms with Crippen LogP contribution in [0.15, 0.2) is 113 Å². The maximum absolute atomic E-state index is 13.9. The normalized spacial score (nSPS) is 17.2. The van der Waals surface area contributed by atoms with E-state index < -0.39 is 40.7 Å². The number of nitrogens with one attached hydrogen (secondary N) is 2. The Labute approximate surface area is 308 Å². The third-order valence-electron chi connectivity index (χ3n) is 8.61. The van der Waals surface area contributed by atoms with Gasteiger partial charge in [0.25, 0.3) is 11.8 Å². The van der Waals surface area contributed by atoms with E-state index >= 15 is 0 Å². The standard InChI is InChI=1S/C38H37N5O7S2/c1-3-4-20-50-42-30(33(45)40-31-34(46)43-32(36(47)48)25(21-49-24(2)44)22-51-35(31)43)29-23-52-37(39-29)41-38(26-14-8-5-9-15-26,27-16-10-6-11-17-27)28-18-12-7-13-19-28/h5-19,23,31,35H,3-4,20-22H2,1-2H3,(H,39,41)(H,40,45)(H,47,48)/t31-,35-/m1/s1. The molecule has 2 atom stereocenters. The van der Waals surface area contributed by atoms with Crippen molar-refractivity contribution < 1.29 is 33.9 Å². The van der Waals surface area contributed by atoms with E-state index in [1.54, 1.807) is 5.38 Å². The average molecular weight is 740 g/mol. The number of carbonyl (C=O) groups is 4. The molecule has 2 aliphatic heterocycles. The summed E-state index contributed by atoms with van der Waals surface area (Å²) < 4.78 is 5.02. The number of fused-ring (bicyclic) bond motifs is 1. The number of rotatable bonds is 15. The van der Waals surface area contributed by atoms with E-state index in [4.69, 9.17) is 14.6 Å².